The molecule has 1 aromatic rings. The van der Waals surface area contributed by atoms with Crippen molar-refractivity contribution in [1.29, 1.82) is 0 Å². The summed E-state index contributed by atoms with van der Waals surface area (Å²) in [6.45, 7) is 0.975. The minimum Gasteiger partial charge on any atom is -0.497 e. The van der Waals surface area contributed by atoms with E-state index in [4.69, 9.17) is 4.74 Å². The van der Waals surface area contributed by atoms with E-state index in [1.807, 2.05) is 12.1 Å². The van der Waals surface area contributed by atoms with Gasteiger partial charge in [0.2, 0.25) is 5.91 Å². The van der Waals surface area contributed by atoms with E-state index in [-0.39, 0.29) is 0 Å². The lowest BCUT2D eigenvalue weighted by atomic mass is 9.78. The summed E-state index contributed by atoms with van der Waals surface area (Å²) in [5.41, 5.74) is 1.21. The molecule has 120 valence electrons. The zero-order valence-corrected chi connectivity index (χ0v) is 13.6. The smallest absolute Gasteiger partial charge is 0.223 e. The first kappa shape index (κ1) is 15.4. The number of aryl methyl sites for hydroxylation is 1. The van der Waals surface area contributed by atoms with Crippen molar-refractivity contribution in [2.45, 2.75) is 57.4 Å². The van der Waals surface area contributed by atoms with Gasteiger partial charge in [-0.05, 0) is 55.7 Å². The van der Waals surface area contributed by atoms with Crippen LogP contribution in [-0.2, 0) is 11.2 Å². The van der Waals surface area contributed by atoms with Gasteiger partial charge in [-0.25, -0.2) is 0 Å². The van der Waals surface area contributed by atoms with Gasteiger partial charge in [-0.2, -0.15) is 0 Å². The molecule has 2 unspecified atom stereocenters. The van der Waals surface area contributed by atoms with Crippen LogP contribution in [-0.4, -0.2) is 30.5 Å². The highest BCUT2D eigenvalue weighted by atomic mass is 16.5. The number of rotatable bonds is 4. The van der Waals surface area contributed by atoms with E-state index < -0.39 is 0 Å². The highest BCUT2D eigenvalue weighted by molar-refractivity contribution is 5.77. The van der Waals surface area contributed by atoms with Crippen LogP contribution in [0.4, 0.5) is 0 Å². The van der Waals surface area contributed by atoms with Gasteiger partial charge in [0.25, 0.3) is 0 Å². The normalized spacial score (nSPS) is 24.7. The highest BCUT2D eigenvalue weighted by Gasteiger charge is 2.35. The Kier molecular flexibility index (Phi) is 5.01. The van der Waals surface area contributed by atoms with Gasteiger partial charge in [0.05, 0.1) is 7.11 Å². The number of methoxy groups -OCH3 is 1. The van der Waals surface area contributed by atoms with Gasteiger partial charge in [0, 0.05) is 19.0 Å². The van der Waals surface area contributed by atoms with E-state index in [1.54, 1.807) is 7.11 Å². The number of fused-ring (bicyclic) bond motifs is 1. The van der Waals surface area contributed by atoms with Crippen LogP contribution in [0.25, 0.3) is 0 Å². The Balaban J connectivity index is 1.56. The summed E-state index contributed by atoms with van der Waals surface area (Å²) in [5.74, 6) is 2.00. The number of likely N-dealkylation sites (tertiary alicyclic amines) is 1. The second kappa shape index (κ2) is 7.17. The molecule has 1 amide bonds. The highest BCUT2D eigenvalue weighted by Crippen LogP contribution is 2.35. The van der Waals surface area contributed by atoms with Crippen LogP contribution in [0.2, 0.25) is 0 Å². The van der Waals surface area contributed by atoms with Crippen LogP contribution in [0.5, 0.6) is 5.75 Å². The van der Waals surface area contributed by atoms with Crippen molar-refractivity contribution < 1.29 is 9.53 Å². The fraction of sp³-hybridized carbons (Fsp3) is 0.632. The van der Waals surface area contributed by atoms with E-state index >= 15 is 0 Å². The summed E-state index contributed by atoms with van der Waals surface area (Å²) in [4.78, 5) is 14.9. The quantitative estimate of drug-likeness (QED) is 0.846. The first-order chi connectivity index (χ1) is 10.8. The first-order valence-electron chi connectivity index (χ1n) is 8.70. The van der Waals surface area contributed by atoms with Crippen molar-refractivity contribution in [3.8, 4) is 5.75 Å². The fourth-order valence-electron chi connectivity index (χ4n) is 4.12. The molecule has 3 rings (SSSR count). The van der Waals surface area contributed by atoms with E-state index in [0.29, 0.717) is 18.4 Å². The van der Waals surface area contributed by atoms with Crippen molar-refractivity contribution >= 4 is 5.91 Å². The van der Waals surface area contributed by atoms with Gasteiger partial charge >= 0.3 is 0 Å². The molecule has 22 heavy (non-hydrogen) atoms. The van der Waals surface area contributed by atoms with E-state index in [0.717, 1.165) is 24.6 Å². The lowest BCUT2D eigenvalue weighted by molar-refractivity contribution is -0.137. The van der Waals surface area contributed by atoms with Crippen molar-refractivity contribution in [2.75, 3.05) is 13.7 Å². The van der Waals surface area contributed by atoms with Gasteiger partial charge < -0.3 is 9.64 Å². The molecule has 0 aromatic heterocycles. The number of piperidine rings is 1. The molecule has 1 aliphatic heterocycles. The maximum atomic E-state index is 12.7. The minimum atomic E-state index is 0.354. The maximum Gasteiger partial charge on any atom is 0.223 e. The first-order valence-corrected chi connectivity index (χ1v) is 8.70. The number of ether oxygens (including phenoxy) is 1. The molecule has 0 spiro atoms. The zero-order chi connectivity index (χ0) is 15.4. The molecule has 1 saturated heterocycles. The molecule has 0 N–H and O–H groups in total. The van der Waals surface area contributed by atoms with Gasteiger partial charge in [-0.3, -0.25) is 4.79 Å². The average molecular weight is 301 g/mol. The van der Waals surface area contributed by atoms with Crippen LogP contribution in [0, 0.1) is 5.92 Å². The Morgan fingerprint density at radius 1 is 1.14 bits per heavy atom. The molecule has 1 aliphatic carbocycles. The molecule has 2 atom stereocenters. The number of hydrogen-bond donors (Lipinski definition) is 0. The Hall–Kier alpha value is -1.51. The third-order valence-electron chi connectivity index (χ3n) is 5.35. The molecule has 1 heterocycles. The summed E-state index contributed by atoms with van der Waals surface area (Å²) < 4.78 is 5.17. The lowest BCUT2D eigenvalue weighted by Gasteiger charge is -2.44. The average Bonchev–Trinajstić information content (AvgIpc) is 2.59. The molecule has 0 bridgehead atoms. The van der Waals surface area contributed by atoms with E-state index in [9.17, 15) is 4.79 Å². The number of amides is 1. The van der Waals surface area contributed by atoms with Crippen LogP contribution in [0.15, 0.2) is 24.3 Å². The van der Waals surface area contributed by atoms with Crippen molar-refractivity contribution in [3.63, 3.8) is 0 Å². The molecular weight excluding hydrogens is 274 g/mol. The van der Waals surface area contributed by atoms with Crippen molar-refractivity contribution in [2.24, 2.45) is 5.92 Å². The molecule has 0 radical (unpaired) electrons. The van der Waals surface area contributed by atoms with Gasteiger partial charge in [0.1, 0.15) is 5.75 Å². The summed E-state index contributed by atoms with van der Waals surface area (Å²) in [7, 11) is 1.68. The number of benzene rings is 1. The topological polar surface area (TPSA) is 29.5 Å². The number of nitrogens with zero attached hydrogens (tertiary/aromatic N) is 1. The largest absolute Gasteiger partial charge is 0.497 e. The Morgan fingerprint density at radius 2 is 1.86 bits per heavy atom. The predicted octanol–water partition coefficient (Wildman–Crippen LogP) is 3.81. The molecule has 3 heteroatoms. The van der Waals surface area contributed by atoms with E-state index in [1.165, 1.54) is 44.1 Å². The molecule has 1 saturated carbocycles. The second-order valence-electron chi connectivity index (χ2n) is 6.69. The van der Waals surface area contributed by atoms with Crippen LogP contribution in [0.3, 0.4) is 0 Å². The number of hydrogen-bond acceptors (Lipinski definition) is 2. The number of carbonyl (C=O) groups excluding carboxylic acids is 1. The Bertz CT molecular complexity index is 495. The van der Waals surface area contributed by atoms with Gasteiger partial charge in [-0.1, -0.05) is 25.0 Å². The van der Waals surface area contributed by atoms with Gasteiger partial charge in [0.15, 0.2) is 0 Å². The third kappa shape index (κ3) is 3.45. The standard InChI is InChI=1S/C19H27NO2/c1-22-17-11-8-15(9-12-17)10-13-19(21)20-14-4-6-16-5-2-3-7-18(16)20/h8-9,11-12,16,18H,2-7,10,13-14H2,1H3. The molecular formula is C19H27NO2. The number of carbonyl (C=O) groups is 1. The molecule has 3 nitrogen and oxygen atoms in total. The molecule has 2 fully saturated rings. The van der Waals surface area contributed by atoms with Gasteiger partial charge in [-0.15, -0.1) is 0 Å². The van der Waals surface area contributed by atoms with E-state index in [2.05, 4.69) is 17.0 Å². The van der Waals surface area contributed by atoms with Crippen LogP contribution >= 0.6 is 0 Å². The summed E-state index contributed by atoms with van der Waals surface area (Å²) in [5, 5.41) is 0. The predicted molar refractivity (Wildman–Crippen MR) is 88.0 cm³/mol. The SMILES string of the molecule is COc1ccc(CCC(=O)N2CCCC3CCCCC32)cc1. The zero-order valence-electron chi connectivity index (χ0n) is 13.6. The minimum absolute atomic E-state index is 0.354. The summed E-state index contributed by atoms with van der Waals surface area (Å²) in [6, 6.07) is 8.60. The van der Waals surface area contributed by atoms with Crippen LogP contribution in [0.1, 0.15) is 50.5 Å². The molecule has 1 aromatic carbocycles. The summed E-state index contributed by atoms with van der Waals surface area (Å²) in [6.07, 6.45) is 9.18. The summed E-state index contributed by atoms with van der Waals surface area (Å²) >= 11 is 0. The lowest BCUT2D eigenvalue weighted by Crippen LogP contribution is -2.49. The van der Waals surface area contributed by atoms with Crippen LogP contribution < -0.4 is 4.74 Å². The van der Waals surface area contributed by atoms with Crippen molar-refractivity contribution in [1.82, 2.24) is 4.90 Å². The fourth-order valence-corrected chi connectivity index (χ4v) is 4.12. The Morgan fingerprint density at radius 3 is 2.64 bits per heavy atom. The maximum absolute atomic E-state index is 12.7. The third-order valence-corrected chi connectivity index (χ3v) is 5.35. The monoisotopic (exact) mass is 301 g/mol. The Labute approximate surface area is 133 Å². The van der Waals surface area contributed by atoms with Crippen molar-refractivity contribution in [3.05, 3.63) is 29.8 Å². The second-order valence-corrected chi connectivity index (χ2v) is 6.69. The molecule has 2 aliphatic rings.